The number of hydrogen-bond acceptors (Lipinski definition) is 10. The number of carbonyl (C=O) groups excluding carboxylic acids is 1. The average molecular weight is 385 g/mol. The highest BCUT2D eigenvalue weighted by Crippen LogP contribution is 2.17. The topological polar surface area (TPSA) is 180 Å². The normalized spacial score (nSPS) is 11.0. The number of amides is 1. The van der Waals surface area contributed by atoms with Crippen molar-refractivity contribution in [1.82, 2.24) is 30.7 Å². The monoisotopic (exact) mass is 385 g/mol. The summed E-state index contributed by atoms with van der Waals surface area (Å²) >= 11 is 0. The predicted molar refractivity (Wildman–Crippen MR) is 95.8 cm³/mol. The largest absolute Gasteiger partial charge is 0.378 e. The summed E-state index contributed by atoms with van der Waals surface area (Å²) in [5.41, 5.74) is 9.10. The van der Waals surface area contributed by atoms with Crippen LogP contribution in [0.15, 0.2) is 34.0 Å². The second-order valence-electron chi connectivity index (χ2n) is 5.57. The van der Waals surface area contributed by atoms with Crippen LogP contribution in [-0.4, -0.2) is 42.4 Å². The number of nitrogens with zero attached hydrogens (tertiary/aromatic N) is 7. The van der Waals surface area contributed by atoms with Gasteiger partial charge in [0.25, 0.3) is 11.6 Å². The number of benzene rings is 1. The number of aromatic nitrogens is 5. The molecule has 0 aliphatic carbocycles. The Morgan fingerprint density at radius 2 is 2.14 bits per heavy atom. The molecule has 0 unspecified atom stereocenters. The smallest absolute Gasteiger partial charge is 0.293 e. The molecule has 3 N–H and O–H groups in total. The molecular weight excluding hydrogens is 370 g/mol. The van der Waals surface area contributed by atoms with Crippen LogP contribution < -0.4 is 11.2 Å². The molecule has 2 heterocycles. The maximum Gasteiger partial charge on any atom is 0.293 e. The Balaban J connectivity index is 1.76. The number of hydrogen-bond donors (Lipinski definition) is 2. The summed E-state index contributed by atoms with van der Waals surface area (Å²) in [5, 5.41) is 29.4. The number of nitro groups is 1. The Bertz CT molecular complexity index is 1020. The van der Waals surface area contributed by atoms with Crippen LogP contribution in [-0.2, 0) is 6.42 Å². The number of nitrogens with two attached hydrogens (primary N) is 1. The molecular formula is C15H15N9O4. The van der Waals surface area contributed by atoms with Crippen molar-refractivity contribution in [3.63, 3.8) is 0 Å². The lowest BCUT2D eigenvalue weighted by molar-refractivity contribution is -0.384. The van der Waals surface area contributed by atoms with E-state index in [1.165, 1.54) is 35.2 Å². The molecule has 0 bridgehead atoms. The standard InChI is InChI=1S/C15H15N9O4/c1-2-3-11-12(18-22-23(11)14-13(16)20-28-21-14)15(25)19-17-8-9-4-6-10(7-5-9)24(26)27/h4-8H,2-3H2,1H3,(H2,16,20)(H,19,25). The third kappa shape index (κ3) is 3.82. The second-order valence-corrected chi connectivity index (χ2v) is 5.57. The number of rotatable bonds is 7. The number of carbonyl (C=O) groups is 1. The highest BCUT2D eigenvalue weighted by Gasteiger charge is 2.23. The first kappa shape index (κ1) is 18.6. The summed E-state index contributed by atoms with van der Waals surface area (Å²) in [5.74, 6) is -0.419. The molecule has 0 aliphatic heterocycles. The molecule has 0 fully saturated rings. The predicted octanol–water partition coefficient (Wildman–Crippen LogP) is 0.857. The van der Waals surface area contributed by atoms with E-state index in [-0.39, 0.29) is 23.0 Å². The molecule has 13 nitrogen and oxygen atoms in total. The lowest BCUT2D eigenvalue weighted by Gasteiger charge is -2.03. The van der Waals surface area contributed by atoms with Crippen LogP contribution in [0.5, 0.6) is 0 Å². The van der Waals surface area contributed by atoms with E-state index in [2.05, 4.69) is 35.8 Å². The number of nitrogens with one attached hydrogen (secondary N) is 1. The van der Waals surface area contributed by atoms with Crippen molar-refractivity contribution < 1.29 is 14.3 Å². The van der Waals surface area contributed by atoms with Crippen molar-refractivity contribution in [2.24, 2.45) is 5.10 Å². The van der Waals surface area contributed by atoms with Crippen LogP contribution in [0.1, 0.15) is 35.1 Å². The molecule has 28 heavy (non-hydrogen) atoms. The van der Waals surface area contributed by atoms with Crippen molar-refractivity contribution >= 4 is 23.6 Å². The quantitative estimate of drug-likeness (QED) is 0.338. The van der Waals surface area contributed by atoms with E-state index in [9.17, 15) is 14.9 Å². The van der Waals surface area contributed by atoms with Crippen molar-refractivity contribution in [3.05, 3.63) is 51.3 Å². The molecule has 1 amide bonds. The van der Waals surface area contributed by atoms with Crippen molar-refractivity contribution in [2.75, 3.05) is 5.73 Å². The third-order valence-corrected chi connectivity index (χ3v) is 3.64. The molecule has 2 aromatic heterocycles. The average Bonchev–Trinajstić information content (AvgIpc) is 3.28. The van der Waals surface area contributed by atoms with E-state index >= 15 is 0 Å². The van der Waals surface area contributed by atoms with Gasteiger partial charge in [0.15, 0.2) is 5.69 Å². The van der Waals surface area contributed by atoms with E-state index in [0.29, 0.717) is 24.1 Å². The molecule has 3 rings (SSSR count). The van der Waals surface area contributed by atoms with Gasteiger partial charge in [0, 0.05) is 12.1 Å². The van der Waals surface area contributed by atoms with Crippen LogP contribution in [0, 0.1) is 10.1 Å². The van der Waals surface area contributed by atoms with E-state index in [1.54, 1.807) is 0 Å². The SMILES string of the molecule is CCCc1c(C(=O)NN=Cc2ccc([N+](=O)[O-])cc2)nnn1-c1nonc1N. The molecule has 3 aromatic rings. The summed E-state index contributed by atoms with van der Waals surface area (Å²) in [6.07, 6.45) is 2.55. The Kier molecular flexibility index (Phi) is 5.34. The first-order valence-corrected chi connectivity index (χ1v) is 8.12. The van der Waals surface area contributed by atoms with Gasteiger partial charge in [-0.25, -0.2) is 10.1 Å². The Morgan fingerprint density at radius 3 is 2.75 bits per heavy atom. The number of non-ortho nitro benzene ring substituents is 1. The van der Waals surface area contributed by atoms with E-state index in [1.807, 2.05) is 6.92 Å². The van der Waals surface area contributed by atoms with Crippen LogP contribution >= 0.6 is 0 Å². The first-order chi connectivity index (χ1) is 13.5. The highest BCUT2D eigenvalue weighted by molar-refractivity contribution is 5.94. The summed E-state index contributed by atoms with van der Waals surface area (Å²) < 4.78 is 5.86. The summed E-state index contributed by atoms with van der Waals surface area (Å²) in [6.45, 7) is 1.93. The molecule has 0 saturated carbocycles. The summed E-state index contributed by atoms with van der Waals surface area (Å²) in [6, 6.07) is 5.69. The van der Waals surface area contributed by atoms with Gasteiger partial charge in [-0.15, -0.1) is 5.10 Å². The Labute approximate surface area is 157 Å². The van der Waals surface area contributed by atoms with Gasteiger partial charge in [-0.3, -0.25) is 14.9 Å². The van der Waals surface area contributed by atoms with Crippen LogP contribution in [0.4, 0.5) is 11.5 Å². The Hall–Kier alpha value is -4.16. The molecule has 0 saturated heterocycles. The van der Waals surface area contributed by atoms with Crippen LogP contribution in [0.3, 0.4) is 0 Å². The molecule has 1 aromatic carbocycles. The maximum atomic E-state index is 12.4. The first-order valence-electron chi connectivity index (χ1n) is 8.12. The zero-order valence-corrected chi connectivity index (χ0v) is 14.6. The fourth-order valence-electron chi connectivity index (χ4n) is 2.35. The number of nitrogen functional groups attached to an aromatic ring is 1. The van der Waals surface area contributed by atoms with E-state index < -0.39 is 10.8 Å². The fraction of sp³-hybridized carbons (Fsp3) is 0.200. The van der Waals surface area contributed by atoms with E-state index in [0.717, 1.165) is 0 Å². The van der Waals surface area contributed by atoms with Gasteiger partial charge in [0.2, 0.25) is 11.6 Å². The van der Waals surface area contributed by atoms with Crippen LogP contribution in [0.2, 0.25) is 0 Å². The van der Waals surface area contributed by atoms with Gasteiger partial charge in [-0.05, 0) is 34.4 Å². The van der Waals surface area contributed by atoms with Gasteiger partial charge in [-0.1, -0.05) is 18.6 Å². The summed E-state index contributed by atoms with van der Waals surface area (Å²) in [7, 11) is 0. The van der Waals surface area contributed by atoms with Crippen molar-refractivity contribution in [2.45, 2.75) is 19.8 Å². The minimum Gasteiger partial charge on any atom is -0.378 e. The molecule has 0 spiro atoms. The molecule has 13 heteroatoms. The third-order valence-electron chi connectivity index (χ3n) is 3.64. The molecule has 0 radical (unpaired) electrons. The van der Waals surface area contributed by atoms with Crippen LogP contribution in [0.25, 0.3) is 5.82 Å². The van der Waals surface area contributed by atoms with Gasteiger partial charge in [-0.2, -0.15) is 9.78 Å². The summed E-state index contributed by atoms with van der Waals surface area (Å²) in [4.78, 5) is 22.6. The van der Waals surface area contributed by atoms with Gasteiger partial charge in [0.1, 0.15) is 0 Å². The van der Waals surface area contributed by atoms with Gasteiger partial charge in [0.05, 0.1) is 16.8 Å². The lowest BCUT2D eigenvalue weighted by Crippen LogP contribution is -2.20. The fourth-order valence-corrected chi connectivity index (χ4v) is 2.35. The minimum absolute atomic E-state index is 0.0189. The Morgan fingerprint density at radius 1 is 1.39 bits per heavy atom. The van der Waals surface area contributed by atoms with Crippen molar-refractivity contribution in [3.8, 4) is 5.82 Å². The number of nitro benzene ring substituents is 1. The minimum atomic E-state index is -0.581. The number of anilines is 1. The second kappa shape index (κ2) is 8.03. The van der Waals surface area contributed by atoms with Crippen molar-refractivity contribution in [1.29, 1.82) is 0 Å². The molecule has 0 atom stereocenters. The molecule has 144 valence electrons. The molecule has 0 aliphatic rings. The zero-order valence-electron chi connectivity index (χ0n) is 14.6. The highest BCUT2D eigenvalue weighted by atomic mass is 16.6. The zero-order chi connectivity index (χ0) is 20.1. The maximum absolute atomic E-state index is 12.4. The van der Waals surface area contributed by atoms with E-state index in [4.69, 9.17) is 5.73 Å². The number of hydrazone groups is 1. The lowest BCUT2D eigenvalue weighted by atomic mass is 10.2. The van der Waals surface area contributed by atoms with Gasteiger partial charge < -0.3 is 5.73 Å². The van der Waals surface area contributed by atoms with Gasteiger partial charge >= 0.3 is 0 Å².